The largest absolute Gasteiger partial charge is 0.334 e. The van der Waals surface area contributed by atoms with Crippen molar-refractivity contribution >= 4 is 28.3 Å². The Balaban J connectivity index is 0.00000243. The number of halogens is 1. The van der Waals surface area contributed by atoms with E-state index in [0.717, 1.165) is 45.2 Å². The fourth-order valence-electron chi connectivity index (χ4n) is 3.76. The van der Waals surface area contributed by atoms with Crippen LogP contribution in [0.4, 0.5) is 0 Å². The molecule has 0 aromatic heterocycles. The van der Waals surface area contributed by atoms with Crippen molar-refractivity contribution in [3.63, 3.8) is 0 Å². The lowest BCUT2D eigenvalue weighted by Crippen LogP contribution is -2.41. The number of benzene rings is 1. The lowest BCUT2D eigenvalue weighted by Gasteiger charge is -2.27. The van der Waals surface area contributed by atoms with Crippen molar-refractivity contribution < 1.29 is 13.2 Å². The first-order valence-corrected chi connectivity index (χ1v) is 10.5. The highest BCUT2D eigenvalue weighted by atomic mass is 35.5. The highest BCUT2D eigenvalue weighted by Gasteiger charge is 2.30. The zero-order valence-corrected chi connectivity index (χ0v) is 16.8. The molecule has 0 radical (unpaired) electrons. The average molecular weight is 402 g/mol. The van der Waals surface area contributed by atoms with Crippen LogP contribution in [0.5, 0.6) is 0 Å². The molecule has 2 aliphatic rings. The third kappa shape index (κ3) is 4.39. The van der Waals surface area contributed by atoms with E-state index >= 15 is 0 Å². The van der Waals surface area contributed by atoms with Crippen LogP contribution in [-0.2, 0) is 10.0 Å². The van der Waals surface area contributed by atoms with Crippen LogP contribution in [0.15, 0.2) is 29.2 Å². The van der Waals surface area contributed by atoms with Crippen LogP contribution in [0.1, 0.15) is 42.5 Å². The summed E-state index contributed by atoms with van der Waals surface area (Å²) >= 11 is 0. The highest BCUT2D eigenvalue weighted by Crippen LogP contribution is 2.24. The topological polar surface area (TPSA) is 69.7 Å². The molecule has 8 heteroatoms. The van der Waals surface area contributed by atoms with Gasteiger partial charge in [0, 0.05) is 37.8 Å². The molecule has 26 heavy (non-hydrogen) atoms. The monoisotopic (exact) mass is 401 g/mol. The van der Waals surface area contributed by atoms with Gasteiger partial charge in [-0.05, 0) is 50.9 Å². The van der Waals surface area contributed by atoms with Gasteiger partial charge in [0.2, 0.25) is 10.0 Å². The fourth-order valence-corrected chi connectivity index (χ4v) is 5.32. The van der Waals surface area contributed by atoms with Gasteiger partial charge < -0.3 is 10.2 Å². The van der Waals surface area contributed by atoms with Crippen molar-refractivity contribution in [2.45, 2.75) is 43.0 Å². The third-order valence-electron chi connectivity index (χ3n) is 5.11. The first kappa shape index (κ1) is 21.2. The maximum Gasteiger partial charge on any atom is 0.254 e. The van der Waals surface area contributed by atoms with E-state index in [1.54, 1.807) is 28.6 Å². The molecular formula is C18H28ClN3O3S. The van der Waals surface area contributed by atoms with Crippen LogP contribution >= 0.6 is 12.4 Å². The first-order chi connectivity index (χ1) is 12.0. The molecule has 2 fully saturated rings. The SMILES string of the molecule is CNCC1CCCN1C(=O)c1cccc(S(=O)(=O)N2CCCCC2)c1.Cl. The second kappa shape index (κ2) is 9.17. The minimum Gasteiger partial charge on any atom is -0.334 e. The van der Waals surface area contributed by atoms with E-state index in [2.05, 4.69) is 5.32 Å². The van der Waals surface area contributed by atoms with Crippen LogP contribution in [0.2, 0.25) is 0 Å². The Hall–Kier alpha value is -1.15. The maximum atomic E-state index is 12.9. The molecule has 146 valence electrons. The smallest absolute Gasteiger partial charge is 0.254 e. The van der Waals surface area contributed by atoms with E-state index in [-0.39, 0.29) is 29.3 Å². The van der Waals surface area contributed by atoms with Crippen molar-refractivity contribution in [1.29, 1.82) is 0 Å². The van der Waals surface area contributed by atoms with Gasteiger partial charge in [0.25, 0.3) is 5.91 Å². The Morgan fingerprint density at radius 2 is 1.88 bits per heavy atom. The van der Waals surface area contributed by atoms with E-state index in [1.165, 1.54) is 0 Å². The number of nitrogens with one attached hydrogen (secondary N) is 1. The van der Waals surface area contributed by atoms with Gasteiger partial charge in [-0.25, -0.2) is 8.42 Å². The number of piperidine rings is 1. The van der Waals surface area contributed by atoms with Crippen LogP contribution in [-0.4, -0.2) is 62.8 Å². The first-order valence-electron chi connectivity index (χ1n) is 9.10. The predicted octanol–water partition coefficient (Wildman–Crippen LogP) is 2.11. The molecule has 0 spiro atoms. The molecule has 1 unspecified atom stereocenters. The maximum absolute atomic E-state index is 12.9. The van der Waals surface area contributed by atoms with Gasteiger partial charge in [-0.2, -0.15) is 4.31 Å². The predicted molar refractivity (Wildman–Crippen MR) is 104 cm³/mol. The molecule has 1 amide bonds. The minimum atomic E-state index is -3.52. The third-order valence-corrected chi connectivity index (χ3v) is 7.01. The number of carbonyl (C=O) groups is 1. The molecule has 2 saturated heterocycles. The van der Waals surface area contributed by atoms with E-state index in [1.807, 2.05) is 11.9 Å². The standard InChI is InChI=1S/C18H27N3O3S.ClH/c1-19-14-16-8-6-12-21(16)18(22)15-7-5-9-17(13-15)25(23,24)20-10-3-2-4-11-20;/h5,7,9,13,16,19H,2-4,6,8,10-12,14H2,1H3;1H. The number of amides is 1. The van der Waals surface area contributed by atoms with Crippen LogP contribution in [0.25, 0.3) is 0 Å². The van der Waals surface area contributed by atoms with E-state index < -0.39 is 10.0 Å². The second-order valence-electron chi connectivity index (χ2n) is 6.84. The van der Waals surface area contributed by atoms with E-state index in [0.29, 0.717) is 18.7 Å². The van der Waals surface area contributed by atoms with Gasteiger partial charge in [0.1, 0.15) is 0 Å². The number of likely N-dealkylation sites (tertiary alicyclic amines) is 1. The molecular weight excluding hydrogens is 374 g/mol. The number of sulfonamides is 1. The summed E-state index contributed by atoms with van der Waals surface area (Å²) in [6, 6.07) is 6.70. The molecule has 1 atom stereocenters. The molecule has 2 heterocycles. The molecule has 0 saturated carbocycles. The van der Waals surface area contributed by atoms with E-state index in [9.17, 15) is 13.2 Å². The Morgan fingerprint density at radius 1 is 1.15 bits per heavy atom. The molecule has 1 aromatic rings. The van der Waals surface area contributed by atoms with Crippen molar-refractivity contribution in [3.8, 4) is 0 Å². The quantitative estimate of drug-likeness (QED) is 0.820. The van der Waals surface area contributed by atoms with Crippen molar-refractivity contribution in [1.82, 2.24) is 14.5 Å². The Labute approximate surface area is 162 Å². The average Bonchev–Trinajstić information content (AvgIpc) is 3.10. The van der Waals surface area contributed by atoms with Crippen molar-refractivity contribution in [3.05, 3.63) is 29.8 Å². The summed E-state index contributed by atoms with van der Waals surface area (Å²) in [4.78, 5) is 15.0. The van der Waals surface area contributed by atoms with Crippen LogP contribution < -0.4 is 5.32 Å². The summed E-state index contributed by atoms with van der Waals surface area (Å²) in [7, 11) is -1.63. The lowest BCUT2D eigenvalue weighted by molar-refractivity contribution is 0.0737. The van der Waals surface area contributed by atoms with Gasteiger partial charge in [-0.15, -0.1) is 12.4 Å². The summed E-state index contributed by atoms with van der Waals surface area (Å²) in [5.74, 6) is -0.0755. The Morgan fingerprint density at radius 3 is 2.58 bits per heavy atom. The highest BCUT2D eigenvalue weighted by molar-refractivity contribution is 7.89. The lowest BCUT2D eigenvalue weighted by atomic mass is 10.1. The second-order valence-corrected chi connectivity index (χ2v) is 8.78. The number of carbonyl (C=O) groups excluding carboxylic acids is 1. The van der Waals surface area contributed by atoms with Gasteiger partial charge >= 0.3 is 0 Å². The summed E-state index contributed by atoms with van der Waals surface area (Å²) in [5.41, 5.74) is 0.459. The number of hydrogen-bond donors (Lipinski definition) is 1. The van der Waals surface area contributed by atoms with Gasteiger partial charge in [-0.3, -0.25) is 4.79 Å². The van der Waals surface area contributed by atoms with Crippen molar-refractivity contribution in [2.24, 2.45) is 0 Å². The number of hydrogen-bond acceptors (Lipinski definition) is 4. The summed E-state index contributed by atoms with van der Waals surface area (Å²) < 4.78 is 27.2. The van der Waals surface area contributed by atoms with Crippen molar-refractivity contribution in [2.75, 3.05) is 33.2 Å². The zero-order valence-electron chi connectivity index (χ0n) is 15.2. The molecule has 0 aliphatic carbocycles. The van der Waals surface area contributed by atoms with Crippen LogP contribution in [0, 0.1) is 0 Å². The molecule has 1 aromatic carbocycles. The van der Waals surface area contributed by atoms with Gasteiger partial charge in [0.15, 0.2) is 0 Å². The zero-order chi connectivity index (χ0) is 17.9. The normalized spacial score (nSPS) is 21.4. The summed E-state index contributed by atoms with van der Waals surface area (Å²) in [6.45, 7) is 2.62. The molecule has 3 rings (SSSR count). The van der Waals surface area contributed by atoms with Crippen LogP contribution in [0.3, 0.4) is 0 Å². The fraction of sp³-hybridized carbons (Fsp3) is 0.611. The molecule has 0 bridgehead atoms. The molecule has 1 N–H and O–H groups in total. The number of likely N-dealkylation sites (N-methyl/N-ethyl adjacent to an activating group) is 1. The Bertz CT molecular complexity index is 720. The molecule has 6 nitrogen and oxygen atoms in total. The Kier molecular flexibility index (Phi) is 7.46. The van der Waals surface area contributed by atoms with Gasteiger partial charge in [0.05, 0.1) is 4.90 Å². The number of rotatable bonds is 5. The van der Waals surface area contributed by atoms with Gasteiger partial charge in [-0.1, -0.05) is 12.5 Å². The summed E-state index contributed by atoms with van der Waals surface area (Å²) in [6.07, 6.45) is 4.85. The number of nitrogens with zero attached hydrogens (tertiary/aromatic N) is 2. The van der Waals surface area contributed by atoms with E-state index in [4.69, 9.17) is 0 Å². The minimum absolute atomic E-state index is 0. The summed E-state index contributed by atoms with van der Waals surface area (Å²) in [5, 5.41) is 3.13. The molecule has 2 aliphatic heterocycles.